The van der Waals surface area contributed by atoms with E-state index >= 15 is 0 Å². The summed E-state index contributed by atoms with van der Waals surface area (Å²) in [5.74, 6) is -0.648. The number of benzene rings is 1. The predicted octanol–water partition coefficient (Wildman–Crippen LogP) is 7.40. The number of unbranched alkanes of at least 4 members (excludes halogenated alkanes) is 8. The smallest absolute Gasteiger partial charge is 0.325 e. The quantitative estimate of drug-likeness (QED) is 0.147. The lowest BCUT2D eigenvalue weighted by atomic mass is 10.0. The second-order valence-corrected chi connectivity index (χ2v) is 13.6. The van der Waals surface area contributed by atoms with Gasteiger partial charge in [-0.1, -0.05) is 82.4 Å². The Balaban J connectivity index is 2.06. The highest BCUT2D eigenvalue weighted by molar-refractivity contribution is 7.86. The zero-order valence-corrected chi connectivity index (χ0v) is 25.9. The molecule has 6 nitrogen and oxygen atoms in total. The molecule has 1 N–H and O–H groups in total. The van der Waals surface area contributed by atoms with E-state index < -0.39 is 33.7 Å². The Labute approximate surface area is 240 Å². The Bertz CT molecular complexity index is 828. The lowest BCUT2D eigenvalue weighted by molar-refractivity contribution is -0.194. The fraction of sp³-hybridized carbons (Fsp3) is 0.781. The van der Waals surface area contributed by atoms with Gasteiger partial charge < -0.3 is 19.3 Å². The normalized spacial score (nSPS) is 19.3. The summed E-state index contributed by atoms with van der Waals surface area (Å²) in [6.45, 7) is 10.2. The first-order valence-electron chi connectivity index (χ1n) is 15.3. The third kappa shape index (κ3) is 13.8. The van der Waals surface area contributed by atoms with Crippen LogP contribution in [-0.2, 0) is 29.8 Å². The van der Waals surface area contributed by atoms with Crippen molar-refractivity contribution in [3.05, 3.63) is 29.8 Å². The number of aryl methyl sites for hydroxylation is 1. The second kappa shape index (κ2) is 18.2. The summed E-state index contributed by atoms with van der Waals surface area (Å²) in [5.41, 5.74) is 0.279. The summed E-state index contributed by atoms with van der Waals surface area (Å²) in [6.07, 6.45) is 13.2. The second-order valence-electron chi connectivity index (χ2n) is 12.0. The molecule has 0 saturated carbocycles. The number of esters is 1. The van der Waals surface area contributed by atoms with Gasteiger partial charge in [0.25, 0.3) is 0 Å². The van der Waals surface area contributed by atoms with Crippen LogP contribution in [-0.4, -0.2) is 51.2 Å². The summed E-state index contributed by atoms with van der Waals surface area (Å²) in [7, 11) is -1.77. The van der Waals surface area contributed by atoms with Gasteiger partial charge in [0.2, 0.25) is 0 Å². The van der Waals surface area contributed by atoms with E-state index in [-0.39, 0.29) is 18.8 Å². The minimum atomic E-state index is -1.77. The highest BCUT2D eigenvalue weighted by Crippen LogP contribution is 2.26. The van der Waals surface area contributed by atoms with Crippen molar-refractivity contribution in [2.45, 2.75) is 159 Å². The number of aliphatic hydroxyl groups excluding tert-OH is 1. The minimum Gasteiger partial charge on any atom is -0.459 e. The van der Waals surface area contributed by atoms with Gasteiger partial charge in [0.05, 0.1) is 23.0 Å². The van der Waals surface area contributed by atoms with Crippen LogP contribution >= 0.6 is 0 Å². The molecular formula is C32H54O6S. The molecule has 39 heavy (non-hydrogen) atoms. The molecule has 3 unspecified atom stereocenters. The molecule has 0 amide bonds. The molecule has 5 atom stereocenters. The van der Waals surface area contributed by atoms with Gasteiger partial charge in [-0.05, 0) is 65.5 Å². The van der Waals surface area contributed by atoms with Crippen LogP contribution < -0.4 is 0 Å². The number of aliphatic hydroxyl groups is 1. The molecule has 7 heteroatoms. The molecule has 0 bridgehead atoms. The highest BCUT2D eigenvalue weighted by Gasteiger charge is 2.38. The van der Waals surface area contributed by atoms with Crippen LogP contribution in [0.15, 0.2) is 29.2 Å². The number of hydrogen-bond acceptors (Lipinski definition) is 6. The maximum absolute atomic E-state index is 13.6. The van der Waals surface area contributed by atoms with E-state index in [1.807, 2.05) is 19.1 Å². The van der Waals surface area contributed by atoms with E-state index in [1.54, 1.807) is 32.9 Å². The van der Waals surface area contributed by atoms with Crippen molar-refractivity contribution in [1.82, 2.24) is 0 Å². The van der Waals surface area contributed by atoms with E-state index in [9.17, 15) is 14.1 Å². The van der Waals surface area contributed by atoms with Crippen LogP contribution in [0.3, 0.4) is 0 Å². The molecule has 1 aliphatic rings. The van der Waals surface area contributed by atoms with Gasteiger partial charge in [-0.3, -0.25) is 9.00 Å². The van der Waals surface area contributed by atoms with Gasteiger partial charge in [-0.2, -0.15) is 0 Å². The molecule has 1 aliphatic heterocycles. The van der Waals surface area contributed by atoms with Crippen molar-refractivity contribution < 1.29 is 28.3 Å². The Morgan fingerprint density at radius 3 is 2.21 bits per heavy atom. The number of carbonyl (C=O) groups is 1. The van der Waals surface area contributed by atoms with Gasteiger partial charge in [0.1, 0.15) is 5.60 Å². The summed E-state index contributed by atoms with van der Waals surface area (Å²) in [6, 6.07) is 7.23. The molecule has 1 heterocycles. The fourth-order valence-electron chi connectivity index (χ4n) is 4.92. The molecule has 2 rings (SSSR count). The summed E-state index contributed by atoms with van der Waals surface area (Å²) in [4.78, 5) is 13.7. The van der Waals surface area contributed by atoms with Crippen molar-refractivity contribution in [2.75, 3.05) is 6.61 Å². The monoisotopic (exact) mass is 566 g/mol. The van der Waals surface area contributed by atoms with E-state index in [4.69, 9.17) is 14.2 Å². The van der Waals surface area contributed by atoms with Gasteiger partial charge in [-0.15, -0.1) is 0 Å². The van der Waals surface area contributed by atoms with Crippen molar-refractivity contribution in [1.29, 1.82) is 0 Å². The van der Waals surface area contributed by atoms with Crippen LogP contribution in [0.5, 0.6) is 0 Å². The first-order valence-corrected chi connectivity index (χ1v) is 16.5. The van der Waals surface area contributed by atoms with Crippen molar-refractivity contribution in [3.8, 4) is 0 Å². The Morgan fingerprint density at radius 2 is 1.64 bits per heavy atom. The number of hydrogen-bond donors (Lipinski definition) is 1. The minimum absolute atomic E-state index is 0.207. The highest BCUT2D eigenvalue weighted by atomic mass is 32.2. The maximum atomic E-state index is 13.6. The summed E-state index contributed by atoms with van der Waals surface area (Å²) < 4.78 is 31.4. The van der Waals surface area contributed by atoms with Crippen molar-refractivity contribution in [2.24, 2.45) is 0 Å². The molecular weight excluding hydrogens is 512 g/mol. The molecule has 0 aromatic heterocycles. The third-order valence-corrected chi connectivity index (χ3v) is 8.79. The Morgan fingerprint density at radius 1 is 1.03 bits per heavy atom. The SMILES string of the molecule is CCCCCCCCCCCC(CC(O)[C@H](C(=O)OC(C)(C)C)S(=O)c1ccc(C)cc1)O[C@H]1CCCCO1. The van der Waals surface area contributed by atoms with Crippen LogP contribution in [0, 0.1) is 6.92 Å². The van der Waals surface area contributed by atoms with Crippen LogP contribution in [0.25, 0.3) is 0 Å². The van der Waals surface area contributed by atoms with E-state index in [0.29, 0.717) is 11.5 Å². The fourth-order valence-corrected chi connectivity index (χ4v) is 6.23. The average molecular weight is 567 g/mol. The van der Waals surface area contributed by atoms with E-state index in [0.717, 1.165) is 44.1 Å². The topological polar surface area (TPSA) is 82.1 Å². The lowest BCUT2D eigenvalue weighted by Gasteiger charge is -2.31. The zero-order valence-electron chi connectivity index (χ0n) is 25.1. The average Bonchev–Trinajstić information content (AvgIpc) is 2.87. The largest absolute Gasteiger partial charge is 0.459 e. The van der Waals surface area contributed by atoms with Gasteiger partial charge in [0, 0.05) is 17.9 Å². The van der Waals surface area contributed by atoms with Crippen molar-refractivity contribution in [3.63, 3.8) is 0 Å². The van der Waals surface area contributed by atoms with Gasteiger partial charge in [0.15, 0.2) is 11.5 Å². The molecule has 0 radical (unpaired) electrons. The first kappa shape index (κ1) is 33.9. The van der Waals surface area contributed by atoms with Crippen LogP contribution in [0.4, 0.5) is 0 Å². The van der Waals surface area contributed by atoms with E-state index in [1.165, 1.54) is 44.9 Å². The molecule has 0 spiro atoms. The zero-order chi connectivity index (χ0) is 28.7. The molecule has 0 aliphatic carbocycles. The van der Waals surface area contributed by atoms with Gasteiger partial charge in [-0.25, -0.2) is 0 Å². The molecule has 224 valence electrons. The first-order chi connectivity index (χ1) is 18.6. The summed E-state index contributed by atoms with van der Waals surface area (Å²) >= 11 is 0. The Kier molecular flexibility index (Phi) is 15.8. The van der Waals surface area contributed by atoms with Crippen LogP contribution in [0.2, 0.25) is 0 Å². The summed E-state index contributed by atoms with van der Waals surface area (Å²) in [5, 5.41) is 10.2. The van der Waals surface area contributed by atoms with Gasteiger partial charge >= 0.3 is 5.97 Å². The molecule has 1 aromatic rings. The van der Waals surface area contributed by atoms with E-state index in [2.05, 4.69) is 6.92 Å². The lowest BCUT2D eigenvalue weighted by Crippen LogP contribution is -2.44. The van der Waals surface area contributed by atoms with Crippen molar-refractivity contribution >= 4 is 16.8 Å². The number of rotatable bonds is 18. The maximum Gasteiger partial charge on any atom is 0.325 e. The number of carbonyl (C=O) groups excluding carboxylic acids is 1. The third-order valence-electron chi connectivity index (χ3n) is 7.09. The van der Waals surface area contributed by atoms with Crippen LogP contribution in [0.1, 0.15) is 123 Å². The predicted molar refractivity (Wildman–Crippen MR) is 158 cm³/mol. The molecule has 1 aromatic carbocycles. The standard InChI is InChI=1S/C32H54O6S/c1-6-7-8-9-10-11-12-13-14-17-26(37-29-18-15-16-23-36-29)24-28(33)30(31(34)38-32(3,4)5)39(35)27-21-19-25(2)20-22-27/h19-22,26,28-30,33H,6-18,23-24H2,1-5H3/t26?,28?,29-,30+,39?/m0/s1. The Hall–Kier alpha value is -1.28. The number of ether oxygens (including phenoxy) is 3. The molecule has 1 saturated heterocycles. The molecule has 1 fully saturated rings.